The van der Waals surface area contributed by atoms with Crippen molar-refractivity contribution in [3.8, 4) is 12.0 Å². The minimum atomic E-state index is -3.54. The first-order valence-electron chi connectivity index (χ1n) is 23.3. The molecule has 0 radical (unpaired) electrons. The molecule has 0 aromatic heterocycles. The van der Waals surface area contributed by atoms with E-state index in [2.05, 4.69) is 17.4 Å². The highest BCUT2D eigenvalue weighted by molar-refractivity contribution is 7.92. The number of hydrogen-bond donors (Lipinski definition) is 2. The van der Waals surface area contributed by atoms with E-state index in [0.29, 0.717) is 51.9 Å². The number of nitrogens with one attached hydrogen (secondary N) is 1. The molecule has 2 aromatic carbocycles. The number of primary sulfonamides is 1. The fourth-order valence-electron chi connectivity index (χ4n) is 11.0. The number of rotatable bonds is 8. The maximum absolute atomic E-state index is 13.0. The number of carbonyl (C=O) groups is 3. The van der Waals surface area contributed by atoms with Crippen LogP contribution < -0.4 is 15.2 Å². The highest BCUT2D eigenvalue weighted by atomic mass is 32.2. The second kappa shape index (κ2) is 19.0. The molecule has 0 spiro atoms. The van der Waals surface area contributed by atoms with Gasteiger partial charge in [-0.15, -0.1) is 5.26 Å². The normalized spacial score (nSPS) is 21.1. The van der Waals surface area contributed by atoms with Crippen LogP contribution in [0.15, 0.2) is 12.1 Å². The molecule has 13 nitrogen and oxygen atoms in total. The summed E-state index contributed by atoms with van der Waals surface area (Å²) >= 11 is 0. The average molecular weight is 890 g/mol. The van der Waals surface area contributed by atoms with Crippen molar-refractivity contribution in [2.45, 2.75) is 152 Å². The second-order valence-electron chi connectivity index (χ2n) is 18.9. The van der Waals surface area contributed by atoms with Crippen LogP contribution >= 0.6 is 0 Å². The Hall–Kier alpha value is -4.00. The van der Waals surface area contributed by atoms with Crippen LogP contribution in [0, 0.1) is 23.4 Å². The Kier molecular flexibility index (Phi) is 13.7. The molecule has 3 amide bonds. The fraction of sp³-hybridized carbons (Fsp3) is 0.660. The number of sulfonamides is 1. The predicted molar refractivity (Wildman–Crippen MR) is 237 cm³/mol. The van der Waals surface area contributed by atoms with Crippen molar-refractivity contribution < 1.29 is 36.0 Å². The molecule has 10 rings (SSSR count). The highest BCUT2D eigenvalue weighted by Crippen LogP contribution is 2.41. The SMILES string of the molecule is N#COc1c2c(cc3c1CCC3)CCC2.NS(=O)(=O)C1CCN(C(=O)C2CCC2)CC1.O=C(CS(=O)(=O)C1CCN(C(=O)C2CCC2)CC1)Nc1c2c(cc3c1CCC3)CCC2. The van der Waals surface area contributed by atoms with E-state index >= 15 is 0 Å². The smallest absolute Gasteiger partial charge is 0.292 e. The molecule has 2 heterocycles. The van der Waals surface area contributed by atoms with Crippen LogP contribution in [-0.4, -0.2) is 86.8 Å². The van der Waals surface area contributed by atoms with Gasteiger partial charge in [-0.25, -0.2) is 22.0 Å². The zero-order valence-electron chi connectivity index (χ0n) is 36.1. The number of anilines is 1. The molecule has 2 saturated carbocycles. The van der Waals surface area contributed by atoms with Crippen LogP contribution in [0.5, 0.6) is 5.75 Å². The molecule has 2 saturated heterocycles. The Labute approximate surface area is 367 Å². The van der Waals surface area contributed by atoms with Gasteiger partial charge in [0.2, 0.25) is 27.7 Å². The van der Waals surface area contributed by atoms with Crippen molar-refractivity contribution in [2.24, 2.45) is 17.0 Å². The number of hydrogen-bond acceptors (Lipinski definition) is 9. The molecule has 2 aliphatic heterocycles. The fourth-order valence-corrected chi connectivity index (χ4v) is 13.5. The molecular formula is C47H63N5O8S2. The third-order valence-corrected chi connectivity index (χ3v) is 18.6. The number of likely N-dealkylation sites (tertiary alicyclic amines) is 2. The van der Waals surface area contributed by atoms with E-state index in [-0.39, 0.29) is 23.7 Å². The molecule has 336 valence electrons. The first-order chi connectivity index (χ1) is 29.8. The molecular weight excluding hydrogens is 827 g/mol. The van der Waals surface area contributed by atoms with Gasteiger partial charge in [-0.3, -0.25) is 14.4 Å². The number of sulfone groups is 1. The van der Waals surface area contributed by atoms with Gasteiger partial charge in [0.05, 0.1) is 10.5 Å². The van der Waals surface area contributed by atoms with E-state index in [0.717, 1.165) is 114 Å². The molecule has 62 heavy (non-hydrogen) atoms. The van der Waals surface area contributed by atoms with Gasteiger partial charge in [0.25, 0.3) is 6.26 Å². The zero-order valence-corrected chi connectivity index (χ0v) is 37.7. The topological polar surface area (TPSA) is 197 Å². The summed E-state index contributed by atoms with van der Waals surface area (Å²) in [5.41, 5.74) is 11.4. The molecule has 3 N–H and O–H groups in total. The van der Waals surface area contributed by atoms with Crippen LogP contribution in [-0.2, 0) is 85.6 Å². The number of piperidine rings is 2. The minimum absolute atomic E-state index is 0.147. The Morgan fingerprint density at radius 1 is 0.613 bits per heavy atom. The van der Waals surface area contributed by atoms with Gasteiger partial charge in [-0.05, 0) is 173 Å². The van der Waals surface area contributed by atoms with Gasteiger partial charge in [0, 0.05) is 43.7 Å². The summed E-state index contributed by atoms with van der Waals surface area (Å²) < 4.78 is 53.4. The van der Waals surface area contributed by atoms with Gasteiger partial charge < -0.3 is 19.9 Å². The third kappa shape index (κ3) is 9.72. The molecule has 15 heteroatoms. The summed E-state index contributed by atoms with van der Waals surface area (Å²) in [5, 5.41) is 15.8. The quantitative estimate of drug-likeness (QED) is 0.326. The minimum Gasteiger partial charge on any atom is -0.387 e. The summed E-state index contributed by atoms with van der Waals surface area (Å²) in [5.74, 6) is 0.763. The van der Waals surface area contributed by atoms with Crippen molar-refractivity contribution in [1.29, 1.82) is 5.26 Å². The maximum Gasteiger partial charge on any atom is 0.292 e. The van der Waals surface area contributed by atoms with Crippen molar-refractivity contribution in [1.82, 2.24) is 9.80 Å². The summed E-state index contributed by atoms with van der Waals surface area (Å²) in [4.78, 5) is 40.7. The number of nitrogens with zero attached hydrogens (tertiary/aromatic N) is 3. The summed E-state index contributed by atoms with van der Waals surface area (Å²) in [6.45, 7) is 2.05. The van der Waals surface area contributed by atoms with Gasteiger partial charge in [-0.1, -0.05) is 25.0 Å². The van der Waals surface area contributed by atoms with Crippen LogP contribution in [0.4, 0.5) is 5.69 Å². The highest BCUT2D eigenvalue weighted by Gasteiger charge is 2.37. The Bertz CT molecular complexity index is 2250. The predicted octanol–water partition coefficient (Wildman–Crippen LogP) is 5.40. The molecule has 4 fully saturated rings. The van der Waals surface area contributed by atoms with Gasteiger partial charge in [0.15, 0.2) is 9.84 Å². The number of fused-ring (bicyclic) bond motifs is 4. The van der Waals surface area contributed by atoms with E-state index < -0.39 is 42.0 Å². The lowest BCUT2D eigenvalue weighted by atomic mass is 9.84. The number of amides is 3. The van der Waals surface area contributed by atoms with Gasteiger partial charge in [-0.2, -0.15) is 0 Å². The van der Waals surface area contributed by atoms with Crippen molar-refractivity contribution in [3.05, 3.63) is 56.6 Å². The van der Waals surface area contributed by atoms with E-state index in [9.17, 15) is 31.2 Å². The summed E-state index contributed by atoms with van der Waals surface area (Å²) in [6.07, 6.45) is 22.9. The molecule has 8 aliphatic rings. The number of aryl methyl sites for hydroxylation is 4. The van der Waals surface area contributed by atoms with E-state index in [1.165, 1.54) is 57.3 Å². The van der Waals surface area contributed by atoms with Crippen molar-refractivity contribution in [2.75, 3.05) is 37.2 Å². The van der Waals surface area contributed by atoms with Crippen LogP contribution in [0.1, 0.15) is 134 Å². The lowest BCUT2D eigenvalue weighted by molar-refractivity contribution is -0.139. The molecule has 0 unspecified atom stereocenters. The van der Waals surface area contributed by atoms with E-state index in [1.54, 1.807) is 4.90 Å². The first kappa shape index (κ1) is 44.6. The lowest BCUT2D eigenvalue weighted by Crippen LogP contribution is -2.47. The number of nitrogens with two attached hydrogens (primary N) is 1. The van der Waals surface area contributed by atoms with Gasteiger partial charge >= 0.3 is 0 Å². The molecule has 0 bridgehead atoms. The number of carbonyl (C=O) groups excluding carboxylic acids is 3. The zero-order chi connectivity index (χ0) is 43.6. The number of benzene rings is 2. The summed E-state index contributed by atoms with van der Waals surface area (Å²) in [6, 6.07) is 4.64. The average Bonchev–Trinajstić information content (AvgIpc) is 4.05. The molecule has 6 aliphatic carbocycles. The van der Waals surface area contributed by atoms with Crippen LogP contribution in [0.3, 0.4) is 0 Å². The number of nitriles is 1. The number of ether oxygens (including phenoxy) is 1. The Morgan fingerprint density at radius 3 is 1.40 bits per heavy atom. The monoisotopic (exact) mass is 889 g/mol. The molecule has 0 atom stereocenters. The first-order valence-corrected chi connectivity index (χ1v) is 26.6. The third-order valence-electron chi connectivity index (χ3n) is 15.0. The Morgan fingerprint density at radius 2 is 1.02 bits per heavy atom. The van der Waals surface area contributed by atoms with Crippen LogP contribution in [0.25, 0.3) is 0 Å². The Balaban J connectivity index is 0.000000143. The van der Waals surface area contributed by atoms with E-state index in [1.807, 2.05) is 11.2 Å². The summed E-state index contributed by atoms with van der Waals surface area (Å²) in [7, 11) is -6.97. The van der Waals surface area contributed by atoms with Crippen molar-refractivity contribution in [3.63, 3.8) is 0 Å². The standard InChI is InChI=1S/C24H32N2O4S.C13H13NO.C10H18N2O3S/c27-22(25-23-20-8-2-6-17(20)14-18-7-3-9-21(18)23)15-31(29,30)19-10-12-26(13-11-19)24(28)16-4-1-5-16;14-8-15-13-11-5-1-3-9(11)7-10-4-2-6-12(10)13;11-16(14,15)9-4-6-12(7-5-9)10(13)8-2-1-3-8/h14,16,19H,1-13,15H2,(H,25,27);7H,1-6H2;8-9H,1-7H2,(H2,11,14,15). The second-order valence-corrected chi connectivity index (χ2v) is 23.0. The lowest BCUT2D eigenvalue weighted by Gasteiger charge is -2.36. The maximum atomic E-state index is 13.0. The van der Waals surface area contributed by atoms with Crippen LogP contribution in [0.2, 0.25) is 0 Å². The molecule has 2 aromatic rings. The van der Waals surface area contributed by atoms with Gasteiger partial charge in [0.1, 0.15) is 11.5 Å². The largest absolute Gasteiger partial charge is 0.387 e. The van der Waals surface area contributed by atoms with Crippen molar-refractivity contribution >= 4 is 43.3 Å². The van der Waals surface area contributed by atoms with E-state index in [4.69, 9.17) is 15.1 Å².